The molecule has 0 fully saturated rings. The molecule has 0 aliphatic carbocycles. The minimum absolute atomic E-state index is 0.302. The van der Waals surface area contributed by atoms with E-state index >= 15 is 0 Å². The molecule has 3 aromatic rings. The van der Waals surface area contributed by atoms with Crippen LogP contribution in [-0.2, 0) is 14.3 Å². The van der Waals surface area contributed by atoms with Crippen molar-refractivity contribution in [2.24, 2.45) is 0 Å². The van der Waals surface area contributed by atoms with Crippen LogP contribution in [-0.4, -0.2) is 39.3 Å². The number of benzene rings is 3. The summed E-state index contributed by atoms with van der Waals surface area (Å²) in [6, 6.07) is 22.3. The van der Waals surface area contributed by atoms with E-state index < -0.39 is 18.5 Å². The van der Waals surface area contributed by atoms with Gasteiger partial charge in [-0.15, -0.1) is 0 Å². The molecule has 0 radical (unpaired) electrons. The highest BCUT2D eigenvalue weighted by Crippen LogP contribution is 2.29. The van der Waals surface area contributed by atoms with E-state index in [0.717, 1.165) is 11.1 Å². The Morgan fingerprint density at radius 1 is 0.774 bits per heavy atom. The number of nitrogens with one attached hydrogen (secondary N) is 1. The van der Waals surface area contributed by atoms with Gasteiger partial charge >= 0.3 is 5.97 Å². The first-order chi connectivity index (χ1) is 15.1. The molecule has 0 atom stereocenters. The molecule has 7 heteroatoms. The van der Waals surface area contributed by atoms with Gasteiger partial charge in [0.15, 0.2) is 13.2 Å². The number of amides is 1. The van der Waals surface area contributed by atoms with Crippen LogP contribution in [0.1, 0.15) is 0 Å². The summed E-state index contributed by atoms with van der Waals surface area (Å²) in [5.41, 5.74) is 2.58. The van der Waals surface area contributed by atoms with Gasteiger partial charge in [0.1, 0.15) is 17.2 Å². The predicted molar refractivity (Wildman–Crippen MR) is 117 cm³/mol. The van der Waals surface area contributed by atoms with E-state index in [9.17, 15) is 9.59 Å². The maximum absolute atomic E-state index is 12.1. The summed E-state index contributed by atoms with van der Waals surface area (Å²) < 4.78 is 20.7. The number of anilines is 1. The Hall–Kier alpha value is -4.00. The average Bonchev–Trinajstić information content (AvgIpc) is 2.82. The summed E-state index contributed by atoms with van der Waals surface area (Å²) >= 11 is 0. The second-order valence-electron chi connectivity index (χ2n) is 6.45. The third-order valence-corrected chi connectivity index (χ3v) is 4.37. The fourth-order valence-corrected chi connectivity index (χ4v) is 2.79. The van der Waals surface area contributed by atoms with Crippen LogP contribution in [0.4, 0.5) is 5.69 Å². The SMILES string of the molecule is COc1ccc(NC(=O)COC(=O)COc2ccc(-c3ccccc3)cc2)c(OC)c1. The van der Waals surface area contributed by atoms with E-state index in [-0.39, 0.29) is 6.61 Å². The molecular formula is C24H23NO6. The molecule has 3 aromatic carbocycles. The molecule has 1 amide bonds. The van der Waals surface area contributed by atoms with Gasteiger partial charge in [0.2, 0.25) is 0 Å². The Morgan fingerprint density at radius 2 is 1.45 bits per heavy atom. The summed E-state index contributed by atoms with van der Waals surface area (Å²) in [5.74, 6) is 0.411. The second-order valence-corrected chi connectivity index (χ2v) is 6.45. The van der Waals surface area contributed by atoms with Crippen molar-refractivity contribution in [2.75, 3.05) is 32.8 Å². The zero-order valence-electron chi connectivity index (χ0n) is 17.3. The van der Waals surface area contributed by atoms with Gasteiger partial charge < -0.3 is 24.3 Å². The summed E-state index contributed by atoms with van der Waals surface area (Å²) in [6.07, 6.45) is 0. The zero-order valence-corrected chi connectivity index (χ0v) is 17.3. The maximum atomic E-state index is 12.1. The Kier molecular flexibility index (Phi) is 7.48. The lowest BCUT2D eigenvalue weighted by Gasteiger charge is -2.12. The van der Waals surface area contributed by atoms with E-state index in [2.05, 4.69) is 5.32 Å². The lowest BCUT2D eigenvalue weighted by molar-refractivity contribution is -0.149. The van der Waals surface area contributed by atoms with Crippen molar-refractivity contribution in [1.29, 1.82) is 0 Å². The van der Waals surface area contributed by atoms with Crippen LogP contribution in [0.15, 0.2) is 72.8 Å². The Labute approximate surface area is 180 Å². The van der Waals surface area contributed by atoms with Crippen LogP contribution >= 0.6 is 0 Å². The van der Waals surface area contributed by atoms with Crippen molar-refractivity contribution in [2.45, 2.75) is 0 Å². The van der Waals surface area contributed by atoms with E-state index in [4.69, 9.17) is 18.9 Å². The number of hydrogen-bond acceptors (Lipinski definition) is 6. The molecule has 0 saturated heterocycles. The van der Waals surface area contributed by atoms with Crippen molar-refractivity contribution in [3.05, 3.63) is 72.8 Å². The molecule has 0 heterocycles. The number of esters is 1. The number of methoxy groups -OCH3 is 2. The molecule has 0 saturated carbocycles. The van der Waals surface area contributed by atoms with Gasteiger partial charge in [-0.3, -0.25) is 4.79 Å². The molecule has 31 heavy (non-hydrogen) atoms. The summed E-state index contributed by atoms with van der Waals surface area (Å²) in [5, 5.41) is 2.63. The normalized spacial score (nSPS) is 10.1. The third kappa shape index (κ3) is 6.24. The molecule has 0 spiro atoms. The highest BCUT2D eigenvalue weighted by molar-refractivity contribution is 5.94. The number of hydrogen-bond donors (Lipinski definition) is 1. The fraction of sp³-hybridized carbons (Fsp3) is 0.167. The standard InChI is InChI=1S/C24H23NO6/c1-28-20-12-13-21(22(14-20)29-2)25-23(26)15-31-24(27)16-30-19-10-8-18(9-11-19)17-6-4-3-5-7-17/h3-14H,15-16H2,1-2H3,(H,25,26). The van der Waals surface area contributed by atoms with Crippen LogP contribution in [0, 0.1) is 0 Å². The van der Waals surface area contributed by atoms with Crippen LogP contribution in [0.5, 0.6) is 17.2 Å². The van der Waals surface area contributed by atoms with Crippen LogP contribution in [0.25, 0.3) is 11.1 Å². The maximum Gasteiger partial charge on any atom is 0.344 e. The molecule has 0 unspecified atom stereocenters. The monoisotopic (exact) mass is 421 g/mol. The van der Waals surface area contributed by atoms with Gasteiger partial charge in [-0.1, -0.05) is 42.5 Å². The largest absolute Gasteiger partial charge is 0.497 e. The van der Waals surface area contributed by atoms with Crippen LogP contribution in [0.3, 0.4) is 0 Å². The molecule has 160 valence electrons. The fourth-order valence-electron chi connectivity index (χ4n) is 2.79. The van der Waals surface area contributed by atoms with Gasteiger partial charge in [-0.2, -0.15) is 0 Å². The van der Waals surface area contributed by atoms with E-state index in [1.54, 1.807) is 30.3 Å². The lowest BCUT2D eigenvalue weighted by Crippen LogP contribution is -2.23. The molecule has 1 N–H and O–H groups in total. The van der Waals surface area contributed by atoms with Crippen molar-refractivity contribution >= 4 is 17.6 Å². The number of carbonyl (C=O) groups is 2. The molecule has 3 rings (SSSR count). The zero-order chi connectivity index (χ0) is 22.1. The molecule has 0 aromatic heterocycles. The number of carbonyl (C=O) groups excluding carboxylic acids is 2. The summed E-state index contributed by atoms with van der Waals surface area (Å²) in [4.78, 5) is 24.0. The smallest absolute Gasteiger partial charge is 0.344 e. The third-order valence-electron chi connectivity index (χ3n) is 4.37. The van der Waals surface area contributed by atoms with Crippen molar-refractivity contribution in [3.8, 4) is 28.4 Å². The lowest BCUT2D eigenvalue weighted by atomic mass is 10.1. The molecular weight excluding hydrogens is 398 g/mol. The Bertz CT molecular complexity index is 1020. The first-order valence-electron chi connectivity index (χ1n) is 9.55. The second kappa shape index (κ2) is 10.7. The van der Waals surface area contributed by atoms with Crippen LogP contribution in [0.2, 0.25) is 0 Å². The topological polar surface area (TPSA) is 83.1 Å². The summed E-state index contributed by atoms with van der Waals surface area (Å²) in [6.45, 7) is -0.742. The van der Waals surface area contributed by atoms with E-state index in [0.29, 0.717) is 22.9 Å². The molecule has 0 bridgehead atoms. The number of rotatable bonds is 9. The van der Waals surface area contributed by atoms with Crippen LogP contribution < -0.4 is 19.5 Å². The highest BCUT2D eigenvalue weighted by Gasteiger charge is 2.12. The van der Waals surface area contributed by atoms with Crippen molar-refractivity contribution in [1.82, 2.24) is 0 Å². The van der Waals surface area contributed by atoms with Gasteiger partial charge in [0.05, 0.1) is 19.9 Å². The highest BCUT2D eigenvalue weighted by atomic mass is 16.6. The minimum atomic E-state index is -0.649. The average molecular weight is 421 g/mol. The Morgan fingerprint density at radius 3 is 2.13 bits per heavy atom. The molecule has 0 aliphatic rings. The van der Waals surface area contributed by atoms with E-state index in [1.165, 1.54) is 14.2 Å². The van der Waals surface area contributed by atoms with Gasteiger partial charge in [-0.25, -0.2) is 4.79 Å². The van der Waals surface area contributed by atoms with Gasteiger partial charge in [-0.05, 0) is 35.4 Å². The molecule has 7 nitrogen and oxygen atoms in total. The first kappa shape index (κ1) is 21.7. The Balaban J connectivity index is 1.44. The number of ether oxygens (including phenoxy) is 4. The summed E-state index contributed by atoms with van der Waals surface area (Å²) in [7, 11) is 3.01. The first-order valence-corrected chi connectivity index (χ1v) is 9.55. The van der Waals surface area contributed by atoms with Crippen molar-refractivity contribution < 1.29 is 28.5 Å². The minimum Gasteiger partial charge on any atom is -0.497 e. The quantitative estimate of drug-likeness (QED) is 0.527. The predicted octanol–water partition coefficient (Wildman–Crippen LogP) is 3.93. The van der Waals surface area contributed by atoms with E-state index in [1.807, 2.05) is 42.5 Å². The molecule has 0 aliphatic heterocycles. The van der Waals surface area contributed by atoms with Gasteiger partial charge in [0, 0.05) is 6.07 Å². The van der Waals surface area contributed by atoms with Crippen molar-refractivity contribution in [3.63, 3.8) is 0 Å². The van der Waals surface area contributed by atoms with Gasteiger partial charge in [0.25, 0.3) is 5.91 Å².